The normalized spacial score (nSPS) is 27.8. The van der Waals surface area contributed by atoms with Crippen molar-refractivity contribution >= 4 is 22.6 Å². The van der Waals surface area contributed by atoms with Crippen LogP contribution in [0.2, 0.25) is 0 Å². The zero-order valence-corrected chi connectivity index (χ0v) is 15.6. The van der Waals surface area contributed by atoms with E-state index in [-0.39, 0.29) is 11.6 Å². The van der Waals surface area contributed by atoms with Gasteiger partial charge in [-0.3, -0.25) is 11.3 Å². The minimum Gasteiger partial charge on any atom is -0.302 e. The van der Waals surface area contributed by atoms with Crippen LogP contribution in [0, 0.1) is 9.49 Å². The van der Waals surface area contributed by atoms with Gasteiger partial charge in [0.1, 0.15) is 0 Å². The molecule has 0 spiro atoms. The summed E-state index contributed by atoms with van der Waals surface area (Å²) in [5.74, 6) is 6.74. The van der Waals surface area contributed by atoms with Crippen molar-refractivity contribution in [2.24, 2.45) is 11.8 Å². The predicted molar refractivity (Wildman–Crippen MR) is 98.0 cm³/mol. The summed E-state index contributed by atoms with van der Waals surface area (Å²) >= 11 is 2.35. The molecular formula is C17H28IN3. The maximum atomic E-state index is 5.97. The van der Waals surface area contributed by atoms with Crippen LogP contribution >= 0.6 is 22.6 Å². The second kappa shape index (κ2) is 7.40. The number of rotatable bonds is 5. The zero-order chi connectivity index (χ0) is 15.5. The quantitative estimate of drug-likeness (QED) is 0.453. The molecule has 3 N–H and O–H groups in total. The molecule has 21 heavy (non-hydrogen) atoms. The lowest BCUT2D eigenvalue weighted by Crippen LogP contribution is -2.63. The maximum absolute atomic E-state index is 5.97. The molecule has 0 bridgehead atoms. The standard InChI is InChI=1S/C17H28IN3/c1-13-5-4-10-17(12-13,21(2)3)16(20-19)11-14-6-8-15(18)9-7-14/h6-9,13,16,20H,4-5,10-12,19H2,1-3H3. The first-order valence-electron chi connectivity index (χ1n) is 7.86. The predicted octanol–water partition coefficient (Wildman–Crippen LogP) is 3.18. The summed E-state index contributed by atoms with van der Waals surface area (Å²) in [5.41, 5.74) is 4.66. The van der Waals surface area contributed by atoms with Crippen LogP contribution in [-0.4, -0.2) is 30.6 Å². The lowest BCUT2D eigenvalue weighted by molar-refractivity contribution is 0.0373. The van der Waals surface area contributed by atoms with E-state index in [0.717, 1.165) is 12.3 Å². The molecule has 1 aliphatic carbocycles. The van der Waals surface area contributed by atoms with Crippen molar-refractivity contribution in [1.29, 1.82) is 0 Å². The average molecular weight is 401 g/mol. The topological polar surface area (TPSA) is 41.3 Å². The van der Waals surface area contributed by atoms with E-state index in [0.29, 0.717) is 0 Å². The number of nitrogens with zero attached hydrogens (tertiary/aromatic N) is 1. The molecule has 0 aliphatic heterocycles. The number of nitrogens with one attached hydrogen (secondary N) is 1. The molecule has 0 amide bonds. The molecule has 1 fully saturated rings. The molecule has 0 heterocycles. The SMILES string of the molecule is CC1CCCC(C(Cc2ccc(I)cc2)NN)(N(C)C)C1. The van der Waals surface area contributed by atoms with Gasteiger partial charge in [-0.1, -0.05) is 31.9 Å². The van der Waals surface area contributed by atoms with Gasteiger partial charge in [-0.2, -0.15) is 0 Å². The van der Waals surface area contributed by atoms with Crippen molar-refractivity contribution < 1.29 is 0 Å². The largest absolute Gasteiger partial charge is 0.302 e. The molecule has 3 unspecified atom stereocenters. The van der Waals surface area contributed by atoms with Crippen LogP contribution < -0.4 is 11.3 Å². The van der Waals surface area contributed by atoms with Crippen LogP contribution in [-0.2, 0) is 6.42 Å². The summed E-state index contributed by atoms with van der Waals surface area (Å²) in [6.07, 6.45) is 6.07. The van der Waals surface area contributed by atoms with Crippen molar-refractivity contribution in [3.63, 3.8) is 0 Å². The molecule has 3 atom stereocenters. The fourth-order valence-corrected chi connectivity index (χ4v) is 4.22. The molecule has 2 rings (SSSR count). The van der Waals surface area contributed by atoms with Crippen molar-refractivity contribution in [2.75, 3.05) is 14.1 Å². The first-order valence-corrected chi connectivity index (χ1v) is 8.94. The summed E-state index contributed by atoms with van der Waals surface area (Å²) in [7, 11) is 4.41. The van der Waals surface area contributed by atoms with Crippen molar-refractivity contribution in [3.8, 4) is 0 Å². The van der Waals surface area contributed by atoms with E-state index in [1.807, 2.05) is 0 Å². The number of likely N-dealkylation sites (N-methyl/N-ethyl adjacent to an activating group) is 1. The van der Waals surface area contributed by atoms with E-state index in [9.17, 15) is 0 Å². The van der Waals surface area contributed by atoms with Crippen LogP contribution in [0.5, 0.6) is 0 Å². The Morgan fingerprint density at radius 3 is 2.57 bits per heavy atom. The Bertz CT molecular complexity index is 446. The zero-order valence-electron chi connectivity index (χ0n) is 13.4. The monoisotopic (exact) mass is 401 g/mol. The summed E-state index contributed by atoms with van der Waals surface area (Å²) in [6.45, 7) is 2.37. The number of hydrazine groups is 1. The summed E-state index contributed by atoms with van der Waals surface area (Å²) < 4.78 is 1.28. The maximum Gasteiger partial charge on any atom is 0.0434 e. The van der Waals surface area contributed by atoms with Gasteiger partial charge in [-0.25, -0.2) is 0 Å². The van der Waals surface area contributed by atoms with Crippen LogP contribution in [0.15, 0.2) is 24.3 Å². The highest BCUT2D eigenvalue weighted by Crippen LogP contribution is 2.39. The third-order valence-electron chi connectivity index (χ3n) is 5.10. The van der Waals surface area contributed by atoms with Crippen LogP contribution in [0.1, 0.15) is 38.2 Å². The number of hydrogen-bond acceptors (Lipinski definition) is 3. The van der Waals surface area contributed by atoms with Crippen molar-refractivity contribution in [3.05, 3.63) is 33.4 Å². The Hall–Kier alpha value is -0.170. The highest BCUT2D eigenvalue weighted by molar-refractivity contribution is 14.1. The Labute approximate surface area is 142 Å². The highest BCUT2D eigenvalue weighted by Gasteiger charge is 2.43. The molecule has 1 saturated carbocycles. The molecule has 0 aromatic heterocycles. The molecular weight excluding hydrogens is 373 g/mol. The minimum absolute atomic E-state index is 0.162. The third kappa shape index (κ3) is 3.97. The highest BCUT2D eigenvalue weighted by atomic mass is 127. The Kier molecular flexibility index (Phi) is 6.05. The summed E-state index contributed by atoms with van der Waals surface area (Å²) in [4.78, 5) is 2.40. The van der Waals surface area contributed by atoms with Crippen molar-refractivity contribution in [1.82, 2.24) is 10.3 Å². The van der Waals surface area contributed by atoms with Gasteiger partial charge >= 0.3 is 0 Å². The average Bonchev–Trinajstić information content (AvgIpc) is 2.46. The smallest absolute Gasteiger partial charge is 0.0434 e. The molecule has 118 valence electrons. The Morgan fingerprint density at radius 2 is 2.05 bits per heavy atom. The van der Waals surface area contributed by atoms with Gasteiger partial charge < -0.3 is 4.90 Å². The second-order valence-electron chi connectivity index (χ2n) is 6.75. The van der Waals surface area contributed by atoms with E-state index in [1.54, 1.807) is 0 Å². The van der Waals surface area contributed by atoms with Gasteiger partial charge in [0.05, 0.1) is 0 Å². The first kappa shape index (κ1) is 17.2. The van der Waals surface area contributed by atoms with E-state index in [1.165, 1.54) is 34.8 Å². The van der Waals surface area contributed by atoms with Crippen LogP contribution in [0.4, 0.5) is 0 Å². The van der Waals surface area contributed by atoms with E-state index >= 15 is 0 Å². The lowest BCUT2D eigenvalue weighted by Gasteiger charge is -2.50. The van der Waals surface area contributed by atoms with Crippen molar-refractivity contribution in [2.45, 2.75) is 50.6 Å². The number of nitrogens with two attached hydrogens (primary N) is 1. The van der Waals surface area contributed by atoms with E-state index in [2.05, 4.69) is 78.2 Å². The molecule has 1 aliphatic rings. The van der Waals surface area contributed by atoms with Gasteiger partial charge in [0.25, 0.3) is 0 Å². The van der Waals surface area contributed by atoms with Gasteiger partial charge in [0, 0.05) is 15.2 Å². The van der Waals surface area contributed by atoms with Crippen LogP contribution in [0.3, 0.4) is 0 Å². The molecule has 1 aromatic rings. The number of halogens is 1. The Morgan fingerprint density at radius 1 is 1.38 bits per heavy atom. The van der Waals surface area contributed by atoms with Gasteiger partial charge in [-0.15, -0.1) is 0 Å². The van der Waals surface area contributed by atoms with Gasteiger partial charge in [-0.05, 0) is 79.6 Å². The molecule has 3 nitrogen and oxygen atoms in total. The molecule has 1 aromatic carbocycles. The molecule has 0 radical (unpaired) electrons. The first-order chi connectivity index (χ1) is 9.98. The van der Waals surface area contributed by atoms with E-state index in [4.69, 9.17) is 5.84 Å². The van der Waals surface area contributed by atoms with E-state index < -0.39 is 0 Å². The lowest BCUT2D eigenvalue weighted by atomic mass is 9.70. The minimum atomic E-state index is 0.162. The van der Waals surface area contributed by atoms with Crippen LogP contribution in [0.25, 0.3) is 0 Å². The summed E-state index contributed by atoms with van der Waals surface area (Å²) in [5, 5.41) is 0. The number of benzene rings is 1. The third-order valence-corrected chi connectivity index (χ3v) is 5.82. The fraction of sp³-hybridized carbons (Fsp3) is 0.647. The Balaban J connectivity index is 2.21. The van der Waals surface area contributed by atoms with Gasteiger partial charge in [0.2, 0.25) is 0 Å². The molecule has 4 heteroatoms. The second-order valence-corrected chi connectivity index (χ2v) is 8.00. The van der Waals surface area contributed by atoms with Gasteiger partial charge in [0.15, 0.2) is 0 Å². The summed E-state index contributed by atoms with van der Waals surface area (Å²) in [6, 6.07) is 9.09. The molecule has 0 saturated heterocycles. The fourth-order valence-electron chi connectivity index (χ4n) is 3.86. The number of hydrogen-bond donors (Lipinski definition) is 2.